The summed E-state index contributed by atoms with van der Waals surface area (Å²) in [6.45, 7) is 2.02. The Morgan fingerprint density at radius 1 is 1.12 bits per heavy atom. The van der Waals surface area contributed by atoms with Crippen LogP contribution >= 0.6 is 11.3 Å². The van der Waals surface area contributed by atoms with Crippen LogP contribution < -0.4 is 5.43 Å². The van der Waals surface area contributed by atoms with Gasteiger partial charge in [0.15, 0.2) is 0 Å². The zero-order valence-corrected chi connectivity index (χ0v) is 14.7. The smallest absolute Gasteiger partial charge is 0.203 e. The van der Waals surface area contributed by atoms with Gasteiger partial charge in [0, 0.05) is 40.2 Å². The van der Waals surface area contributed by atoms with Crippen LogP contribution in [0.25, 0.3) is 22.2 Å². The minimum absolute atomic E-state index is 0.799. The summed E-state index contributed by atoms with van der Waals surface area (Å²) in [5.74, 6) is 0. The zero-order chi connectivity index (χ0) is 17.1. The molecule has 2 heterocycles. The number of aromatic amines is 1. The molecule has 124 valence electrons. The first-order valence-electron chi connectivity index (χ1n) is 8.15. The van der Waals surface area contributed by atoms with Crippen LogP contribution in [0.2, 0.25) is 0 Å². The molecular weight excluding hydrogens is 328 g/mol. The number of thiazole rings is 1. The van der Waals surface area contributed by atoms with Crippen molar-refractivity contribution in [1.82, 2.24) is 9.97 Å². The normalized spacial score (nSPS) is 11.8. The van der Waals surface area contributed by atoms with Gasteiger partial charge in [0.05, 0.1) is 5.69 Å². The van der Waals surface area contributed by atoms with Gasteiger partial charge in [0.2, 0.25) is 5.13 Å². The number of hydrogen-bond acceptors (Lipinski definition) is 4. The summed E-state index contributed by atoms with van der Waals surface area (Å²) < 4.78 is 0. The number of hydrogen-bond donors (Lipinski definition) is 2. The lowest BCUT2D eigenvalue weighted by atomic mass is 10.1. The number of aromatic nitrogens is 2. The van der Waals surface area contributed by atoms with Crippen molar-refractivity contribution in [1.29, 1.82) is 0 Å². The van der Waals surface area contributed by atoms with Crippen molar-refractivity contribution in [3.05, 3.63) is 71.7 Å². The van der Waals surface area contributed by atoms with E-state index in [0.717, 1.165) is 34.0 Å². The monoisotopic (exact) mass is 346 g/mol. The molecule has 2 aromatic heterocycles. The quantitative estimate of drug-likeness (QED) is 0.379. The van der Waals surface area contributed by atoms with E-state index in [1.807, 2.05) is 43.5 Å². The van der Waals surface area contributed by atoms with E-state index in [1.165, 1.54) is 10.9 Å². The molecule has 4 aromatic rings. The molecule has 0 fully saturated rings. The van der Waals surface area contributed by atoms with Gasteiger partial charge in [-0.15, -0.1) is 11.3 Å². The van der Waals surface area contributed by atoms with E-state index >= 15 is 0 Å². The number of nitrogens with zero attached hydrogens (tertiary/aromatic N) is 2. The third-order valence-electron chi connectivity index (χ3n) is 4.01. The van der Waals surface area contributed by atoms with Crippen LogP contribution in [-0.2, 0) is 6.42 Å². The molecule has 4 rings (SSSR count). The zero-order valence-electron chi connectivity index (χ0n) is 13.9. The average molecular weight is 346 g/mol. The van der Waals surface area contributed by atoms with Crippen LogP contribution in [0.5, 0.6) is 0 Å². The summed E-state index contributed by atoms with van der Waals surface area (Å²) in [6, 6.07) is 18.6. The van der Waals surface area contributed by atoms with Crippen molar-refractivity contribution < 1.29 is 0 Å². The maximum absolute atomic E-state index is 4.66. The molecule has 0 saturated heterocycles. The van der Waals surface area contributed by atoms with Crippen LogP contribution in [0, 0.1) is 0 Å². The van der Waals surface area contributed by atoms with E-state index in [4.69, 9.17) is 0 Å². The molecule has 0 aliphatic rings. The summed E-state index contributed by atoms with van der Waals surface area (Å²) in [4.78, 5) is 7.95. The minimum atomic E-state index is 0.799. The lowest BCUT2D eigenvalue weighted by molar-refractivity contribution is 1.22. The molecule has 0 aliphatic heterocycles. The molecule has 2 aromatic carbocycles. The van der Waals surface area contributed by atoms with E-state index in [0.29, 0.717) is 0 Å². The molecule has 25 heavy (non-hydrogen) atoms. The van der Waals surface area contributed by atoms with Crippen molar-refractivity contribution in [2.45, 2.75) is 13.3 Å². The summed E-state index contributed by atoms with van der Waals surface area (Å²) in [6.07, 6.45) is 2.84. The molecular formula is C20H18N4S. The highest BCUT2D eigenvalue weighted by Crippen LogP contribution is 2.30. The van der Waals surface area contributed by atoms with Crippen molar-refractivity contribution in [3.63, 3.8) is 0 Å². The van der Waals surface area contributed by atoms with E-state index in [2.05, 4.69) is 50.1 Å². The van der Waals surface area contributed by atoms with Gasteiger partial charge in [-0.1, -0.05) is 48.5 Å². The van der Waals surface area contributed by atoms with E-state index in [1.54, 1.807) is 11.3 Å². The summed E-state index contributed by atoms with van der Waals surface area (Å²) in [5.41, 5.74) is 8.55. The summed E-state index contributed by atoms with van der Waals surface area (Å²) in [5, 5.41) is 8.49. The Labute approximate surface area is 150 Å². The van der Waals surface area contributed by atoms with Crippen molar-refractivity contribution >= 4 is 33.1 Å². The summed E-state index contributed by atoms with van der Waals surface area (Å²) >= 11 is 1.56. The molecule has 0 bridgehead atoms. The van der Waals surface area contributed by atoms with Crippen LogP contribution in [0.3, 0.4) is 0 Å². The second kappa shape index (κ2) is 6.91. The number of anilines is 1. The highest BCUT2D eigenvalue weighted by molar-refractivity contribution is 7.14. The Morgan fingerprint density at radius 3 is 2.80 bits per heavy atom. The number of para-hydroxylation sites is 1. The Morgan fingerprint density at radius 2 is 1.92 bits per heavy atom. The van der Waals surface area contributed by atoms with Gasteiger partial charge in [-0.05, 0) is 18.6 Å². The fourth-order valence-corrected chi connectivity index (χ4v) is 3.46. The molecule has 0 atom stereocenters. The van der Waals surface area contributed by atoms with Crippen LogP contribution in [0.15, 0.2) is 71.3 Å². The number of rotatable bonds is 5. The van der Waals surface area contributed by atoms with Gasteiger partial charge in [-0.25, -0.2) is 4.98 Å². The van der Waals surface area contributed by atoms with Gasteiger partial charge < -0.3 is 4.98 Å². The maximum Gasteiger partial charge on any atom is 0.203 e. The highest BCUT2D eigenvalue weighted by Gasteiger charge is 2.09. The fourth-order valence-electron chi connectivity index (χ4n) is 2.81. The molecule has 0 saturated carbocycles. The third-order valence-corrected chi connectivity index (χ3v) is 4.76. The molecule has 0 amide bonds. The fraction of sp³-hybridized carbons (Fsp3) is 0.100. The van der Waals surface area contributed by atoms with Crippen LogP contribution in [0.4, 0.5) is 5.13 Å². The Bertz CT molecular complexity index is 1010. The first kappa shape index (κ1) is 15.6. The minimum Gasteiger partial charge on any atom is -0.360 e. The summed E-state index contributed by atoms with van der Waals surface area (Å²) in [7, 11) is 0. The number of benzene rings is 2. The topological polar surface area (TPSA) is 53.1 Å². The SMILES string of the molecule is CC(Cc1ccccc1)=NNc1nc(-c2c[nH]c3ccccc23)cs1. The van der Waals surface area contributed by atoms with E-state index in [-0.39, 0.29) is 0 Å². The maximum atomic E-state index is 4.66. The third kappa shape index (κ3) is 3.46. The molecule has 4 nitrogen and oxygen atoms in total. The predicted molar refractivity (Wildman–Crippen MR) is 106 cm³/mol. The van der Waals surface area contributed by atoms with Gasteiger partial charge >= 0.3 is 0 Å². The Hall–Kier alpha value is -2.92. The van der Waals surface area contributed by atoms with Crippen molar-refractivity contribution in [2.24, 2.45) is 5.10 Å². The first-order chi connectivity index (χ1) is 12.3. The van der Waals surface area contributed by atoms with Gasteiger partial charge in [-0.3, -0.25) is 5.43 Å². The number of hydrazone groups is 1. The van der Waals surface area contributed by atoms with Gasteiger partial charge in [0.25, 0.3) is 0 Å². The van der Waals surface area contributed by atoms with Crippen molar-refractivity contribution in [2.75, 3.05) is 5.43 Å². The van der Waals surface area contributed by atoms with E-state index in [9.17, 15) is 0 Å². The van der Waals surface area contributed by atoms with Gasteiger partial charge in [0.1, 0.15) is 0 Å². The number of H-pyrrole nitrogens is 1. The highest BCUT2D eigenvalue weighted by atomic mass is 32.1. The van der Waals surface area contributed by atoms with Crippen LogP contribution in [0.1, 0.15) is 12.5 Å². The second-order valence-corrected chi connectivity index (χ2v) is 6.77. The molecule has 5 heteroatoms. The molecule has 0 radical (unpaired) electrons. The first-order valence-corrected chi connectivity index (χ1v) is 9.03. The molecule has 0 aliphatic carbocycles. The van der Waals surface area contributed by atoms with Crippen LogP contribution in [-0.4, -0.2) is 15.7 Å². The lowest BCUT2D eigenvalue weighted by Gasteiger charge is -2.01. The standard InChI is InChI=1S/C20H18N4S/c1-14(11-15-7-3-2-4-8-15)23-24-20-22-19(13-25-20)17-12-21-18-10-6-5-9-16(17)18/h2-10,12-13,21H,11H2,1H3,(H,22,24). The van der Waals surface area contributed by atoms with E-state index < -0.39 is 0 Å². The second-order valence-electron chi connectivity index (χ2n) is 5.91. The average Bonchev–Trinajstić information content (AvgIpc) is 3.27. The Balaban J connectivity index is 1.49. The molecule has 0 spiro atoms. The van der Waals surface area contributed by atoms with Crippen molar-refractivity contribution in [3.8, 4) is 11.3 Å². The number of nitrogens with one attached hydrogen (secondary N) is 2. The Kier molecular flexibility index (Phi) is 4.31. The predicted octanol–water partition coefficient (Wildman–Crippen LogP) is 5.32. The number of fused-ring (bicyclic) bond motifs is 1. The largest absolute Gasteiger partial charge is 0.360 e. The van der Waals surface area contributed by atoms with Gasteiger partial charge in [-0.2, -0.15) is 5.10 Å². The lowest BCUT2D eigenvalue weighted by Crippen LogP contribution is -2.01. The molecule has 2 N–H and O–H groups in total. The molecule has 0 unspecified atom stereocenters.